The van der Waals surface area contributed by atoms with E-state index in [0.717, 1.165) is 23.5 Å². The highest BCUT2D eigenvalue weighted by molar-refractivity contribution is 5.73. The molecule has 0 aromatic heterocycles. The summed E-state index contributed by atoms with van der Waals surface area (Å²) in [7, 11) is 3.43. The van der Waals surface area contributed by atoms with Crippen LogP contribution in [0, 0.1) is 13.8 Å². The predicted molar refractivity (Wildman–Crippen MR) is 104 cm³/mol. The van der Waals surface area contributed by atoms with Crippen molar-refractivity contribution in [3.63, 3.8) is 0 Å². The topological polar surface area (TPSA) is 50.8 Å². The van der Waals surface area contributed by atoms with Crippen LogP contribution in [-0.4, -0.2) is 44.8 Å². The normalized spacial score (nSPS) is 10.3. The Morgan fingerprint density at radius 2 is 1.77 bits per heavy atom. The van der Waals surface area contributed by atoms with Crippen molar-refractivity contribution in [1.29, 1.82) is 0 Å². The lowest BCUT2D eigenvalue weighted by Gasteiger charge is -2.18. The Labute approximate surface area is 155 Å². The minimum absolute atomic E-state index is 0.107. The van der Waals surface area contributed by atoms with Gasteiger partial charge in [-0.25, -0.2) is 4.79 Å². The highest BCUT2D eigenvalue weighted by atomic mass is 16.5. The highest BCUT2D eigenvalue weighted by Crippen LogP contribution is 2.19. The van der Waals surface area contributed by atoms with Crippen molar-refractivity contribution in [2.75, 3.05) is 33.9 Å². The fraction of sp³-hybridized carbons (Fsp3) is 0.381. The minimum atomic E-state index is -0.107. The van der Waals surface area contributed by atoms with Crippen molar-refractivity contribution in [3.05, 3.63) is 59.2 Å². The molecule has 2 aromatic carbocycles. The second-order valence-electron chi connectivity index (χ2n) is 6.38. The third-order valence-electron chi connectivity index (χ3n) is 4.17. The van der Waals surface area contributed by atoms with E-state index >= 15 is 0 Å². The molecule has 0 aliphatic carbocycles. The van der Waals surface area contributed by atoms with Crippen LogP contribution in [0.5, 0.6) is 11.5 Å². The van der Waals surface area contributed by atoms with Gasteiger partial charge in [-0.05, 0) is 44.0 Å². The first-order valence-electron chi connectivity index (χ1n) is 8.81. The molecule has 5 nitrogen and oxygen atoms in total. The Morgan fingerprint density at radius 3 is 2.46 bits per heavy atom. The molecule has 0 atom stereocenters. The molecule has 0 aliphatic heterocycles. The second kappa shape index (κ2) is 9.70. The van der Waals surface area contributed by atoms with Gasteiger partial charge in [-0.1, -0.05) is 35.4 Å². The number of ether oxygens (including phenoxy) is 2. The summed E-state index contributed by atoms with van der Waals surface area (Å²) in [5, 5.41) is 2.93. The highest BCUT2D eigenvalue weighted by Gasteiger charge is 2.09. The molecule has 140 valence electrons. The lowest BCUT2D eigenvalue weighted by molar-refractivity contribution is 0.195. The summed E-state index contributed by atoms with van der Waals surface area (Å²) < 4.78 is 11.0. The lowest BCUT2D eigenvalue weighted by atomic mass is 10.1. The average Bonchev–Trinajstić information content (AvgIpc) is 2.63. The van der Waals surface area contributed by atoms with Gasteiger partial charge in [0, 0.05) is 13.6 Å². The van der Waals surface area contributed by atoms with Crippen LogP contribution in [0.15, 0.2) is 42.5 Å². The first-order chi connectivity index (χ1) is 12.5. The number of hydrogen-bond acceptors (Lipinski definition) is 3. The van der Waals surface area contributed by atoms with Gasteiger partial charge in [0.05, 0.1) is 13.7 Å². The number of urea groups is 1. The largest absolute Gasteiger partial charge is 0.496 e. The molecule has 0 saturated heterocycles. The summed E-state index contributed by atoms with van der Waals surface area (Å²) in [6, 6.07) is 13.8. The number of benzene rings is 2. The van der Waals surface area contributed by atoms with Crippen LogP contribution in [0.1, 0.15) is 16.7 Å². The van der Waals surface area contributed by atoms with Crippen LogP contribution in [0.4, 0.5) is 4.79 Å². The molecule has 0 unspecified atom stereocenters. The molecule has 0 radical (unpaired) electrons. The first kappa shape index (κ1) is 19.6. The van der Waals surface area contributed by atoms with Crippen LogP contribution >= 0.6 is 0 Å². The number of methoxy groups -OCH3 is 1. The van der Waals surface area contributed by atoms with Crippen LogP contribution < -0.4 is 14.8 Å². The van der Waals surface area contributed by atoms with Crippen LogP contribution in [0.25, 0.3) is 0 Å². The molecule has 2 amide bonds. The molecule has 0 heterocycles. The maximum atomic E-state index is 12.2. The monoisotopic (exact) mass is 356 g/mol. The number of carbonyl (C=O) groups excluding carboxylic acids is 1. The zero-order valence-corrected chi connectivity index (χ0v) is 16.0. The maximum Gasteiger partial charge on any atom is 0.317 e. The molecular formula is C21H28N2O3. The minimum Gasteiger partial charge on any atom is -0.496 e. The third kappa shape index (κ3) is 5.99. The second-order valence-corrected chi connectivity index (χ2v) is 6.38. The molecule has 0 spiro atoms. The van der Waals surface area contributed by atoms with Gasteiger partial charge in [0.15, 0.2) is 0 Å². The van der Waals surface area contributed by atoms with Gasteiger partial charge in [0.25, 0.3) is 0 Å². The Morgan fingerprint density at radius 1 is 1.08 bits per heavy atom. The van der Waals surface area contributed by atoms with Crippen molar-refractivity contribution in [1.82, 2.24) is 10.2 Å². The number of aryl methyl sites for hydroxylation is 2. The maximum absolute atomic E-state index is 12.2. The van der Waals surface area contributed by atoms with Crippen LogP contribution in [-0.2, 0) is 6.42 Å². The Bertz CT molecular complexity index is 714. The van der Waals surface area contributed by atoms with Crippen molar-refractivity contribution in [2.24, 2.45) is 0 Å². The average molecular weight is 356 g/mol. The SMILES string of the molecule is COc1ccc(C)cc1CCNC(=O)N(C)CCOc1ccc(C)cc1. The zero-order chi connectivity index (χ0) is 18.9. The molecule has 26 heavy (non-hydrogen) atoms. The van der Waals surface area contributed by atoms with Crippen LogP contribution in [0.3, 0.4) is 0 Å². The van der Waals surface area contributed by atoms with E-state index in [1.54, 1.807) is 19.1 Å². The fourth-order valence-corrected chi connectivity index (χ4v) is 2.58. The summed E-state index contributed by atoms with van der Waals surface area (Å²) in [6.45, 7) is 5.62. The predicted octanol–water partition coefficient (Wildman–Crippen LogP) is 3.57. The van der Waals surface area contributed by atoms with Gasteiger partial charge < -0.3 is 19.7 Å². The standard InChI is InChI=1S/C21H28N2O3/c1-16-5-8-19(9-6-16)26-14-13-23(3)21(24)22-12-11-18-15-17(2)7-10-20(18)25-4/h5-10,15H,11-14H2,1-4H3,(H,22,24). The number of nitrogens with one attached hydrogen (secondary N) is 1. The van der Waals surface area contributed by atoms with E-state index in [1.807, 2.05) is 50.2 Å². The van der Waals surface area contributed by atoms with E-state index in [9.17, 15) is 4.79 Å². The summed E-state index contributed by atoms with van der Waals surface area (Å²) in [5.41, 5.74) is 3.47. The number of nitrogens with zero attached hydrogens (tertiary/aromatic N) is 1. The molecule has 0 saturated carbocycles. The third-order valence-corrected chi connectivity index (χ3v) is 4.17. The molecule has 5 heteroatoms. The van der Waals surface area contributed by atoms with E-state index in [4.69, 9.17) is 9.47 Å². The Hall–Kier alpha value is -2.69. The number of amides is 2. The van der Waals surface area contributed by atoms with Gasteiger partial charge in [-0.2, -0.15) is 0 Å². The van der Waals surface area contributed by atoms with Gasteiger partial charge in [0.2, 0.25) is 0 Å². The summed E-state index contributed by atoms with van der Waals surface area (Å²) in [6.07, 6.45) is 0.726. The van der Waals surface area contributed by atoms with E-state index < -0.39 is 0 Å². The van der Waals surface area contributed by atoms with Gasteiger partial charge >= 0.3 is 6.03 Å². The summed E-state index contributed by atoms with van der Waals surface area (Å²) in [4.78, 5) is 13.8. The van der Waals surface area contributed by atoms with E-state index in [-0.39, 0.29) is 6.03 Å². The van der Waals surface area contributed by atoms with Gasteiger partial charge in [0.1, 0.15) is 18.1 Å². The van der Waals surface area contributed by atoms with Crippen molar-refractivity contribution in [2.45, 2.75) is 20.3 Å². The van der Waals surface area contributed by atoms with Crippen molar-refractivity contribution < 1.29 is 14.3 Å². The van der Waals surface area contributed by atoms with Crippen molar-refractivity contribution >= 4 is 6.03 Å². The molecule has 0 bridgehead atoms. The number of carbonyl (C=O) groups is 1. The molecule has 1 N–H and O–H groups in total. The molecule has 2 rings (SSSR count). The van der Waals surface area contributed by atoms with E-state index in [2.05, 4.69) is 11.4 Å². The van der Waals surface area contributed by atoms with E-state index in [1.165, 1.54) is 11.1 Å². The quantitative estimate of drug-likeness (QED) is 0.787. The molecular weight excluding hydrogens is 328 g/mol. The number of likely N-dealkylation sites (N-methyl/N-ethyl adjacent to an activating group) is 1. The van der Waals surface area contributed by atoms with E-state index in [0.29, 0.717) is 19.7 Å². The smallest absolute Gasteiger partial charge is 0.317 e. The van der Waals surface area contributed by atoms with Gasteiger partial charge in [-0.3, -0.25) is 0 Å². The Balaban J connectivity index is 1.72. The summed E-state index contributed by atoms with van der Waals surface area (Å²) >= 11 is 0. The number of rotatable bonds is 8. The molecule has 0 aliphatic rings. The lowest BCUT2D eigenvalue weighted by Crippen LogP contribution is -2.40. The van der Waals surface area contributed by atoms with Crippen molar-refractivity contribution in [3.8, 4) is 11.5 Å². The molecule has 0 fully saturated rings. The fourth-order valence-electron chi connectivity index (χ4n) is 2.58. The first-order valence-corrected chi connectivity index (χ1v) is 8.81. The molecule has 2 aromatic rings. The van der Waals surface area contributed by atoms with Crippen LogP contribution in [0.2, 0.25) is 0 Å². The zero-order valence-electron chi connectivity index (χ0n) is 16.0. The number of hydrogen-bond donors (Lipinski definition) is 1. The summed E-state index contributed by atoms with van der Waals surface area (Å²) in [5.74, 6) is 1.67. The Kier molecular flexibility index (Phi) is 7.33. The van der Waals surface area contributed by atoms with Gasteiger partial charge in [-0.15, -0.1) is 0 Å².